The number of aromatic hydroxyl groups is 1. The van der Waals surface area contributed by atoms with E-state index in [-0.39, 0.29) is 53.6 Å². The van der Waals surface area contributed by atoms with E-state index in [2.05, 4.69) is 37.3 Å². The van der Waals surface area contributed by atoms with Gasteiger partial charge in [0.2, 0.25) is 11.8 Å². The monoisotopic (exact) mass is 885 g/mol. The molecule has 0 aromatic heterocycles. The Balaban J connectivity index is 1.40. The lowest BCUT2D eigenvalue weighted by Gasteiger charge is -2.51. The number of likely N-dealkylation sites (tertiary alicyclic amines) is 1. The summed E-state index contributed by atoms with van der Waals surface area (Å²) in [6, 6.07) is 13.5. The molecular formula is C39H35Br2ClFN3O8. The number of unbranched alkanes of at least 4 members (excludes halogenated alkanes) is 2. The Morgan fingerprint density at radius 2 is 1.69 bits per heavy atom. The third kappa shape index (κ3) is 6.10. The third-order valence-corrected chi connectivity index (χ3v) is 13.7. The quantitative estimate of drug-likeness (QED) is 0.102. The molecule has 0 spiro atoms. The second kappa shape index (κ2) is 14.8. The molecule has 1 saturated carbocycles. The van der Waals surface area contributed by atoms with Gasteiger partial charge in [-0.1, -0.05) is 41.8 Å². The van der Waals surface area contributed by atoms with E-state index in [4.69, 9.17) is 21.4 Å². The zero-order valence-electron chi connectivity index (χ0n) is 28.9. The van der Waals surface area contributed by atoms with Gasteiger partial charge in [0.25, 0.3) is 11.8 Å². The van der Waals surface area contributed by atoms with Gasteiger partial charge < -0.3 is 14.9 Å². The number of nitrogens with one attached hydrogen (secondary N) is 1. The van der Waals surface area contributed by atoms with Crippen LogP contribution in [0.25, 0.3) is 0 Å². The molecule has 4 aliphatic rings. The lowest BCUT2D eigenvalue weighted by Crippen LogP contribution is -2.53. The van der Waals surface area contributed by atoms with Gasteiger partial charge in [-0.3, -0.25) is 34.3 Å². The topological polar surface area (TPSA) is 154 Å². The first-order valence-corrected chi connectivity index (χ1v) is 19.5. The molecule has 2 heterocycles. The number of hydrogen-bond acceptors (Lipinski definition) is 8. The summed E-state index contributed by atoms with van der Waals surface area (Å²) in [5, 5.41) is 21.4. The number of methoxy groups -OCH3 is 1. The molecule has 54 heavy (non-hydrogen) atoms. The lowest BCUT2D eigenvalue weighted by atomic mass is 9.49. The minimum atomic E-state index is -1.64. The smallest absolute Gasteiger partial charge is 0.303 e. The maximum absolute atomic E-state index is 15.3. The van der Waals surface area contributed by atoms with Crippen LogP contribution in [0.1, 0.15) is 55.6 Å². The third-order valence-electron chi connectivity index (χ3n) is 11.3. The zero-order chi connectivity index (χ0) is 38.6. The van der Waals surface area contributed by atoms with Gasteiger partial charge in [-0.15, -0.1) is 0 Å². The summed E-state index contributed by atoms with van der Waals surface area (Å²) in [5.74, 6) is -7.49. The van der Waals surface area contributed by atoms with Crippen molar-refractivity contribution in [2.45, 2.75) is 49.9 Å². The molecule has 0 unspecified atom stereocenters. The summed E-state index contributed by atoms with van der Waals surface area (Å²) in [6.07, 6.45) is 3.57. The van der Waals surface area contributed by atoms with Crippen molar-refractivity contribution < 1.29 is 43.3 Å². The summed E-state index contributed by atoms with van der Waals surface area (Å²) < 4.78 is 20.1. The van der Waals surface area contributed by atoms with E-state index in [1.807, 2.05) is 6.08 Å². The largest absolute Gasteiger partial charge is 0.503 e. The van der Waals surface area contributed by atoms with Crippen molar-refractivity contribution in [1.29, 1.82) is 0 Å². The first-order valence-electron chi connectivity index (χ1n) is 17.5. The molecule has 0 radical (unpaired) electrons. The first kappa shape index (κ1) is 38.0. The number of carbonyl (C=O) groups is 5. The van der Waals surface area contributed by atoms with E-state index >= 15 is 4.79 Å². The van der Waals surface area contributed by atoms with E-state index < -0.39 is 58.6 Å². The second-order valence-corrected chi connectivity index (χ2v) is 16.1. The standard InChI is InChI=1S/C39H35Br2ClFN3O8/c1-54-28-18-26(32(40)33(41)34(28)49)31-23-14-15-24-30(37(52)45(35(24)50)16-4-2-3-5-29(47)48)25(23)17-27-36(51)46(44-22-12-10-21(43)11-13-22)38(53)39(27,31)19-6-8-20(42)9-7-19/h6-14,18,24-25,27,30-31,44,49H,2-5,15-17H2,1H3,(H,47,48)/t24-,25+,27-,30-,31+,39+/m0/s1. The number of ether oxygens (including phenoxy) is 1. The maximum Gasteiger partial charge on any atom is 0.303 e. The minimum Gasteiger partial charge on any atom is -0.503 e. The van der Waals surface area contributed by atoms with Gasteiger partial charge in [-0.05, 0) is 117 Å². The Morgan fingerprint density at radius 1 is 0.981 bits per heavy atom. The predicted octanol–water partition coefficient (Wildman–Crippen LogP) is 7.35. The number of anilines is 1. The van der Waals surface area contributed by atoms with Crippen LogP contribution in [-0.2, 0) is 29.4 Å². The fourth-order valence-electron chi connectivity index (χ4n) is 8.99. The van der Waals surface area contributed by atoms with Gasteiger partial charge in [0.05, 0.1) is 40.4 Å². The van der Waals surface area contributed by atoms with Crippen molar-refractivity contribution >= 4 is 78.7 Å². The van der Waals surface area contributed by atoms with Crippen LogP contribution in [0.4, 0.5) is 10.1 Å². The second-order valence-electron chi connectivity index (χ2n) is 14.1. The number of fused-ring (bicyclic) bond motifs is 4. The molecule has 7 rings (SSSR count). The molecule has 2 saturated heterocycles. The normalized spacial score (nSPS) is 26.0. The number of carbonyl (C=O) groups excluding carboxylic acids is 4. The van der Waals surface area contributed by atoms with E-state index in [9.17, 15) is 28.7 Å². The minimum absolute atomic E-state index is 0.00581. The Kier molecular flexibility index (Phi) is 10.4. The molecule has 3 aromatic rings. The van der Waals surface area contributed by atoms with Gasteiger partial charge in [-0.2, -0.15) is 5.01 Å². The Hall–Kier alpha value is -4.27. The summed E-state index contributed by atoms with van der Waals surface area (Å²) in [6.45, 7) is 0.147. The van der Waals surface area contributed by atoms with Crippen molar-refractivity contribution in [2.24, 2.45) is 23.7 Å². The summed E-state index contributed by atoms with van der Waals surface area (Å²) in [5.41, 5.74) is 3.24. The number of amides is 4. The average molecular weight is 888 g/mol. The molecule has 282 valence electrons. The number of halogens is 4. The maximum atomic E-state index is 15.3. The number of hydrazine groups is 1. The van der Waals surface area contributed by atoms with Crippen molar-refractivity contribution in [3.05, 3.63) is 97.2 Å². The van der Waals surface area contributed by atoms with E-state index in [1.165, 1.54) is 36.3 Å². The van der Waals surface area contributed by atoms with Crippen LogP contribution in [0.3, 0.4) is 0 Å². The molecule has 3 aromatic carbocycles. The van der Waals surface area contributed by atoms with E-state index in [0.29, 0.717) is 51.1 Å². The van der Waals surface area contributed by atoms with Gasteiger partial charge in [0.15, 0.2) is 11.5 Å². The highest BCUT2D eigenvalue weighted by Gasteiger charge is 2.70. The molecule has 6 atom stereocenters. The molecule has 0 bridgehead atoms. The van der Waals surface area contributed by atoms with E-state index in [0.717, 1.165) is 5.01 Å². The Morgan fingerprint density at radius 3 is 2.35 bits per heavy atom. The van der Waals surface area contributed by atoms with Gasteiger partial charge in [0.1, 0.15) is 5.82 Å². The Bertz CT molecular complexity index is 2100. The van der Waals surface area contributed by atoms with Crippen LogP contribution < -0.4 is 10.2 Å². The molecular weight excluding hydrogens is 853 g/mol. The highest BCUT2D eigenvalue weighted by atomic mass is 79.9. The zero-order valence-corrected chi connectivity index (χ0v) is 32.8. The number of aliphatic carboxylic acids is 1. The number of nitrogens with zero attached hydrogens (tertiary/aromatic N) is 2. The number of hydrogen-bond donors (Lipinski definition) is 3. The summed E-state index contributed by atoms with van der Waals surface area (Å²) >= 11 is 13.5. The van der Waals surface area contributed by atoms with Crippen LogP contribution in [0.2, 0.25) is 5.02 Å². The van der Waals surface area contributed by atoms with Gasteiger partial charge in [0, 0.05) is 28.4 Å². The van der Waals surface area contributed by atoms with Crippen LogP contribution in [0.15, 0.2) is 75.2 Å². The number of imide groups is 2. The summed E-state index contributed by atoms with van der Waals surface area (Å²) in [7, 11) is 1.39. The Labute approximate surface area is 331 Å². The van der Waals surface area contributed by atoms with E-state index in [1.54, 1.807) is 30.3 Å². The van der Waals surface area contributed by atoms with Crippen molar-refractivity contribution in [2.75, 3.05) is 19.1 Å². The number of allylic oxidation sites excluding steroid dienone is 2. The summed E-state index contributed by atoms with van der Waals surface area (Å²) in [4.78, 5) is 70.6. The molecule has 11 nitrogen and oxygen atoms in total. The van der Waals surface area contributed by atoms with Crippen molar-refractivity contribution in [1.82, 2.24) is 9.91 Å². The highest BCUT2D eigenvalue weighted by molar-refractivity contribution is 9.13. The van der Waals surface area contributed by atoms with Crippen LogP contribution in [0, 0.1) is 29.5 Å². The molecule has 3 N–H and O–H groups in total. The van der Waals surface area contributed by atoms with Gasteiger partial charge in [-0.25, -0.2) is 4.39 Å². The molecule has 15 heteroatoms. The fraction of sp³-hybridized carbons (Fsp3) is 0.359. The highest BCUT2D eigenvalue weighted by Crippen LogP contribution is 2.65. The number of carboxylic acids is 1. The SMILES string of the molecule is COc1cc([C@H]2C3=CC[C@@H]4C(=O)N(CCCCCC(=O)O)C(=O)[C@@H]4[C@@H]3C[C@H]3C(=O)N(Nc4ccc(F)cc4)C(=O)[C@@]23c2ccc(Cl)cc2)c(Br)c(Br)c1O. The van der Waals surface area contributed by atoms with Crippen molar-refractivity contribution in [3.63, 3.8) is 0 Å². The number of rotatable bonds is 11. The first-order chi connectivity index (χ1) is 25.8. The lowest BCUT2D eigenvalue weighted by molar-refractivity contribution is -0.141. The van der Waals surface area contributed by atoms with Crippen LogP contribution in [-0.4, -0.2) is 63.4 Å². The molecule has 4 amide bonds. The van der Waals surface area contributed by atoms with Crippen LogP contribution >= 0.6 is 43.5 Å². The predicted molar refractivity (Wildman–Crippen MR) is 202 cm³/mol. The van der Waals surface area contributed by atoms with Crippen LogP contribution in [0.5, 0.6) is 11.5 Å². The molecule has 3 fully saturated rings. The molecule has 2 aliphatic heterocycles. The fourth-order valence-corrected chi connectivity index (χ4v) is 10.1. The van der Waals surface area contributed by atoms with Gasteiger partial charge >= 0.3 is 5.97 Å². The number of phenols is 1. The number of carboxylic acid groups (broad SMARTS) is 1. The molecule has 2 aliphatic carbocycles. The average Bonchev–Trinajstić information content (AvgIpc) is 3.52. The number of benzene rings is 3. The van der Waals surface area contributed by atoms with Crippen molar-refractivity contribution in [3.8, 4) is 11.5 Å². The number of phenolic OH excluding ortho intramolecular Hbond substituents is 1.